The van der Waals surface area contributed by atoms with E-state index in [1.165, 1.54) is 6.07 Å². The van der Waals surface area contributed by atoms with Gasteiger partial charge in [-0.3, -0.25) is 9.59 Å². The normalized spacial score (nSPS) is 19.0. The molecule has 2 N–H and O–H groups in total. The third-order valence-electron chi connectivity index (χ3n) is 6.32. The Morgan fingerprint density at radius 2 is 1.97 bits per heavy atom. The quantitative estimate of drug-likeness (QED) is 0.704. The minimum Gasteiger partial charge on any atom is -0.338 e. The number of benzene rings is 2. The Bertz CT molecular complexity index is 1040. The van der Waals surface area contributed by atoms with E-state index in [4.69, 9.17) is 0 Å². The third kappa shape index (κ3) is 5.50. The van der Waals surface area contributed by atoms with Gasteiger partial charge in [0.2, 0.25) is 11.8 Å². The lowest BCUT2D eigenvalue weighted by Crippen LogP contribution is -2.43. The molecular weight excluding hydrogens is 423 g/mol. The fourth-order valence-corrected chi connectivity index (χ4v) is 4.50. The second-order valence-corrected chi connectivity index (χ2v) is 8.69. The van der Waals surface area contributed by atoms with E-state index in [1.807, 2.05) is 24.0 Å². The van der Waals surface area contributed by atoms with Gasteiger partial charge in [-0.1, -0.05) is 30.3 Å². The van der Waals surface area contributed by atoms with E-state index in [9.17, 15) is 18.8 Å². The maximum Gasteiger partial charge on any atom is 0.317 e. The number of hydrogen-bond donors (Lipinski definition) is 2. The summed E-state index contributed by atoms with van der Waals surface area (Å²) in [6.45, 7) is 3.84. The Morgan fingerprint density at radius 1 is 1.15 bits per heavy atom. The minimum atomic E-state index is -0.406. The molecule has 2 aliphatic rings. The van der Waals surface area contributed by atoms with E-state index in [0.29, 0.717) is 30.8 Å². The van der Waals surface area contributed by atoms with Crippen LogP contribution < -0.4 is 10.6 Å². The number of nitrogens with zero attached hydrogens (tertiary/aromatic N) is 2. The van der Waals surface area contributed by atoms with Crippen LogP contribution in [0.3, 0.4) is 0 Å². The highest BCUT2D eigenvalue weighted by Crippen LogP contribution is 2.23. The second-order valence-electron chi connectivity index (χ2n) is 8.69. The number of anilines is 1. The smallest absolute Gasteiger partial charge is 0.317 e. The molecule has 2 aliphatic heterocycles. The zero-order chi connectivity index (χ0) is 23.4. The molecule has 8 heteroatoms. The van der Waals surface area contributed by atoms with Gasteiger partial charge in [0.25, 0.3) is 0 Å². The first kappa shape index (κ1) is 22.8. The van der Waals surface area contributed by atoms with Gasteiger partial charge < -0.3 is 20.4 Å². The van der Waals surface area contributed by atoms with Gasteiger partial charge in [-0.15, -0.1) is 0 Å². The molecule has 0 aliphatic carbocycles. The van der Waals surface area contributed by atoms with Crippen LogP contribution in [0.25, 0.3) is 0 Å². The Balaban J connectivity index is 1.31. The number of carbonyl (C=O) groups is 3. The van der Waals surface area contributed by atoms with E-state index < -0.39 is 5.82 Å². The first-order valence-electron chi connectivity index (χ1n) is 11.4. The summed E-state index contributed by atoms with van der Waals surface area (Å²) in [5.41, 5.74) is 1.77. The van der Waals surface area contributed by atoms with Crippen molar-refractivity contribution in [2.75, 3.05) is 25.0 Å². The van der Waals surface area contributed by atoms with Crippen molar-refractivity contribution in [3.05, 3.63) is 65.5 Å². The van der Waals surface area contributed by atoms with Crippen molar-refractivity contribution < 1.29 is 18.8 Å². The van der Waals surface area contributed by atoms with E-state index in [2.05, 4.69) is 10.6 Å². The van der Waals surface area contributed by atoms with Crippen molar-refractivity contribution in [1.29, 1.82) is 0 Å². The molecule has 2 aromatic rings. The van der Waals surface area contributed by atoms with Crippen LogP contribution in [0, 0.1) is 5.82 Å². The van der Waals surface area contributed by atoms with Crippen molar-refractivity contribution >= 4 is 23.5 Å². The molecule has 7 nitrogen and oxygen atoms in total. The molecule has 33 heavy (non-hydrogen) atoms. The molecule has 0 aromatic heterocycles. The summed E-state index contributed by atoms with van der Waals surface area (Å²) in [5.74, 6) is -0.533. The van der Waals surface area contributed by atoms with Crippen molar-refractivity contribution in [3.63, 3.8) is 0 Å². The number of urea groups is 1. The lowest BCUT2D eigenvalue weighted by atomic mass is 10.1. The van der Waals surface area contributed by atoms with Crippen LogP contribution in [0.1, 0.15) is 43.4 Å². The first-order chi connectivity index (χ1) is 15.9. The molecule has 2 fully saturated rings. The molecule has 2 atom stereocenters. The molecule has 0 bridgehead atoms. The van der Waals surface area contributed by atoms with Gasteiger partial charge in [0, 0.05) is 31.7 Å². The van der Waals surface area contributed by atoms with Crippen LogP contribution in [-0.4, -0.2) is 53.3 Å². The third-order valence-corrected chi connectivity index (χ3v) is 6.32. The maximum absolute atomic E-state index is 13.8. The molecule has 4 amide bonds. The van der Waals surface area contributed by atoms with Gasteiger partial charge in [-0.2, -0.15) is 0 Å². The number of amides is 4. The molecule has 0 spiro atoms. The molecule has 2 unspecified atom stereocenters. The number of carbonyl (C=O) groups excluding carboxylic acids is 3. The molecular formula is C25H29FN4O3. The van der Waals surface area contributed by atoms with Crippen LogP contribution in [0.4, 0.5) is 14.9 Å². The van der Waals surface area contributed by atoms with E-state index in [0.717, 1.165) is 24.9 Å². The molecule has 4 rings (SSSR count). The summed E-state index contributed by atoms with van der Waals surface area (Å²) in [5, 5.41) is 5.81. The lowest BCUT2D eigenvalue weighted by molar-refractivity contribution is -0.129. The molecule has 2 heterocycles. The molecule has 0 saturated carbocycles. The fraction of sp³-hybridized carbons (Fsp3) is 0.400. The summed E-state index contributed by atoms with van der Waals surface area (Å²) < 4.78 is 13.8. The van der Waals surface area contributed by atoms with Gasteiger partial charge in [0.1, 0.15) is 5.82 Å². The highest BCUT2D eigenvalue weighted by Gasteiger charge is 2.35. The van der Waals surface area contributed by atoms with Crippen molar-refractivity contribution in [3.8, 4) is 0 Å². The van der Waals surface area contributed by atoms with Gasteiger partial charge >= 0.3 is 6.03 Å². The maximum atomic E-state index is 13.8. The van der Waals surface area contributed by atoms with Crippen LogP contribution in [-0.2, 0) is 16.0 Å². The van der Waals surface area contributed by atoms with Crippen LogP contribution >= 0.6 is 0 Å². The number of halogens is 1. The zero-order valence-corrected chi connectivity index (χ0v) is 18.7. The molecule has 2 aromatic carbocycles. The van der Waals surface area contributed by atoms with Crippen molar-refractivity contribution in [2.45, 2.75) is 44.7 Å². The van der Waals surface area contributed by atoms with Gasteiger partial charge in [0.15, 0.2) is 0 Å². The van der Waals surface area contributed by atoms with Crippen LogP contribution in [0.2, 0.25) is 0 Å². The second kappa shape index (κ2) is 10.0. The predicted molar refractivity (Wildman–Crippen MR) is 123 cm³/mol. The van der Waals surface area contributed by atoms with Gasteiger partial charge in [-0.05, 0) is 49.1 Å². The summed E-state index contributed by atoms with van der Waals surface area (Å²) in [7, 11) is 0. The number of likely N-dealkylation sites (tertiary alicyclic amines) is 2. The number of nitrogens with one attached hydrogen (secondary N) is 2. The van der Waals surface area contributed by atoms with Crippen LogP contribution in [0.15, 0.2) is 48.5 Å². The Labute approximate surface area is 192 Å². The SMILES string of the molecule is CC(NC(=O)N1CCC(N2CCCC2=O)C1)c1cccc(NC(=O)Cc2ccccc2F)c1. The molecule has 174 valence electrons. The highest BCUT2D eigenvalue weighted by molar-refractivity contribution is 5.92. The Morgan fingerprint density at radius 3 is 2.73 bits per heavy atom. The van der Waals surface area contributed by atoms with Crippen LogP contribution in [0.5, 0.6) is 0 Å². The average molecular weight is 453 g/mol. The lowest BCUT2D eigenvalue weighted by Gasteiger charge is -2.25. The van der Waals surface area contributed by atoms with Gasteiger partial charge in [-0.25, -0.2) is 9.18 Å². The summed E-state index contributed by atoms with van der Waals surface area (Å²) in [6, 6.07) is 13.1. The van der Waals surface area contributed by atoms with Crippen molar-refractivity contribution in [2.24, 2.45) is 0 Å². The number of rotatable bonds is 6. The largest absolute Gasteiger partial charge is 0.338 e. The minimum absolute atomic E-state index is 0.0567. The van der Waals surface area contributed by atoms with Gasteiger partial charge in [0.05, 0.1) is 18.5 Å². The number of hydrogen-bond acceptors (Lipinski definition) is 3. The first-order valence-corrected chi connectivity index (χ1v) is 11.4. The topological polar surface area (TPSA) is 81.8 Å². The highest BCUT2D eigenvalue weighted by atomic mass is 19.1. The van der Waals surface area contributed by atoms with E-state index in [1.54, 1.807) is 35.2 Å². The standard InChI is InChI=1S/C25H29FN4O3/c1-17(27-25(33)29-13-11-21(16-29)30-12-5-10-24(30)32)18-7-4-8-20(14-18)28-23(31)15-19-6-2-3-9-22(19)26/h2-4,6-9,14,17,21H,5,10-13,15-16H2,1H3,(H,27,33)(H,28,31). The monoisotopic (exact) mass is 452 g/mol. The van der Waals surface area contributed by atoms with E-state index in [-0.39, 0.29) is 36.3 Å². The predicted octanol–water partition coefficient (Wildman–Crippen LogP) is 3.47. The Kier molecular flexibility index (Phi) is 6.91. The fourth-order valence-electron chi connectivity index (χ4n) is 4.50. The van der Waals surface area contributed by atoms with Crippen molar-refractivity contribution in [1.82, 2.24) is 15.1 Å². The zero-order valence-electron chi connectivity index (χ0n) is 18.7. The Hall–Kier alpha value is -3.42. The summed E-state index contributed by atoms with van der Waals surface area (Å²) >= 11 is 0. The summed E-state index contributed by atoms with van der Waals surface area (Å²) in [4.78, 5) is 40.8. The summed E-state index contributed by atoms with van der Waals surface area (Å²) in [6.07, 6.45) is 2.24. The van der Waals surface area contributed by atoms with E-state index >= 15 is 0 Å². The average Bonchev–Trinajstić information content (AvgIpc) is 3.44. The molecule has 2 saturated heterocycles. The molecule has 0 radical (unpaired) electrons.